The van der Waals surface area contributed by atoms with Gasteiger partial charge in [0.1, 0.15) is 5.76 Å². The number of nitrogens with zero attached hydrogens (tertiary/aromatic N) is 3. The summed E-state index contributed by atoms with van der Waals surface area (Å²) in [5, 5.41) is 12.7. The van der Waals surface area contributed by atoms with Gasteiger partial charge in [0, 0.05) is 17.3 Å². The molecule has 0 bridgehead atoms. The lowest BCUT2D eigenvalue weighted by Gasteiger charge is -2.09. The molecule has 136 valence electrons. The van der Waals surface area contributed by atoms with E-state index in [1.807, 2.05) is 17.6 Å². The van der Waals surface area contributed by atoms with Gasteiger partial charge < -0.3 is 14.3 Å². The summed E-state index contributed by atoms with van der Waals surface area (Å²) in [6, 6.07) is 8.95. The molecule has 3 aromatic rings. The zero-order chi connectivity index (χ0) is 18.5. The van der Waals surface area contributed by atoms with Crippen LogP contribution in [-0.2, 0) is 11.3 Å². The van der Waals surface area contributed by atoms with Gasteiger partial charge in [-0.2, -0.15) is 0 Å². The van der Waals surface area contributed by atoms with E-state index in [-0.39, 0.29) is 11.7 Å². The summed E-state index contributed by atoms with van der Waals surface area (Å²) < 4.78 is 7.40. The Kier molecular flexibility index (Phi) is 6.00. The topological polar surface area (TPSA) is 73.0 Å². The van der Waals surface area contributed by atoms with E-state index in [9.17, 15) is 4.79 Å². The largest absolute Gasteiger partial charge is 0.469 e. The summed E-state index contributed by atoms with van der Waals surface area (Å²) in [5.41, 5.74) is 1.59. The van der Waals surface area contributed by atoms with E-state index in [0.717, 1.165) is 30.1 Å². The number of nitrogens with one attached hydrogen (secondary N) is 1. The lowest BCUT2D eigenvalue weighted by molar-refractivity contribution is -0.113. The van der Waals surface area contributed by atoms with Crippen molar-refractivity contribution in [1.82, 2.24) is 14.8 Å². The summed E-state index contributed by atoms with van der Waals surface area (Å²) >= 11 is 7.29. The highest BCUT2D eigenvalue weighted by Gasteiger charge is 2.17. The maximum Gasteiger partial charge on any atom is 0.234 e. The van der Waals surface area contributed by atoms with Crippen LogP contribution in [0.2, 0.25) is 5.02 Å². The molecule has 0 radical (unpaired) electrons. The number of amides is 1. The number of aromatic nitrogens is 3. The first-order chi connectivity index (χ1) is 12.6. The summed E-state index contributed by atoms with van der Waals surface area (Å²) in [4.78, 5) is 12.2. The number of hydrogen-bond donors (Lipinski definition) is 1. The molecule has 0 atom stereocenters. The zero-order valence-corrected chi connectivity index (χ0v) is 16.1. The molecule has 0 spiro atoms. The number of anilines is 1. The van der Waals surface area contributed by atoms with Crippen molar-refractivity contribution in [3.8, 4) is 11.4 Å². The Hall–Kier alpha value is -2.25. The minimum Gasteiger partial charge on any atom is -0.469 e. The highest BCUT2D eigenvalue weighted by atomic mass is 35.5. The lowest BCUT2D eigenvalue weighted by atomic mass is 10.2. The van der Waals surface area contributed by atoms with Crippen LogP contribution in [0.5, 0.6) is 0 Å². The van der Waals surface area contributed by atoms with Crippen molar-refractivity contribution >= 4 is 35.0 Å². The monoisotopic (exact) mass is 390 g/mol. The van der Waals surface area contributed by atoms with Crippen LogP contribution in [0.25, 0.3) is 11.4 Å². The molecule has 0 unspecified atom stereocenters. The van der Waals surface area contributed by atoms with Crippen molar-refractivity contribution in [3.05, 3.63) is 47.4 Å². The third-order valence-electron chi connectivity index (χ3n) is 3.70. The molecule has 0 aliphatic rings. The van der Waals surface area contributed by atoms with Gasteiger partial charge in [0.25, 0.3) is 0 Å². The van der Waals surface area contributed by atoms with E-state index < -0.39 is 0 Å². The van der Waals surface area contributed by atoms with Crippen LogP contribution in [0.4, 0.5) is 5.69 Å². The molecule has 1 N–H and O–H groups in total. The molecule has 0 aliphatic carbocycles. The maximum absolute atomic E-state index is 12.2. The summed E-state index contributed by atoms with van der Waals surface area (Å²) in [5.74, 6) is 1.67. The number of rotatable bonds is 7. The van der Waals surface area contributed by atoms with E-state index in [2.05, 4.69) is 22.4 Å². The molecule has 26 heavy (non-hydrogen) atoms. The van der Waals surface area contributed by atoms with Crippen LogP contribution in [0.3, 0.4) is 0 Å². The number of aryl methyl sites for hydroxylation is 1. The lowest BCUT2D eigenvalue weighted by Crippen LogP contribution is -2.14. The molecule has 0 aliphatic heterocycles. The molecule has 6 nitrogen and oxygen atoms in total. The van der Waals surface area contributed by atoms with Crippen molar-refractivity contribution in [2.75, 3.05) is 11.1 Å². The molecular weight excluding hydrogens is 372 g/mol. The first-order valence-corrected chi connectivity index (χ1v) is 9.60. The van der Waals surface area contributed by atoms with Gasteiger partial charge in [0.15, 0.2) is 11.0 Å². The normalized spacial score (nSPS) is 10.9. The van der Waals surface area contributed by atoms with E-state index >= 15 is 0 Å². The Morgan fingerprint density at radius 3 is 2.88 bits per heavy atom. The minimum atomic E-state index is -0.121. The van der Waals surface area contributed by atoms with Gasteiger partial charge in [-0.3, -0.25) is 4.79 Å². The Morgan fingerprint density at radius 2 is 2.19 bits per heavy atom. The van der Waals surface area contributed by atoms with Gasteiger partial charge >= 0.3 is 0 Å². The van der Waals surface area contributed by atoms with Gasteiger partial charge in [-0.05, 0) is 37.6 Å². The molecule has 3 rings (SSSR count). The second-order valence-corrected chi connectivity index (χ2v) is 7.07. The Bertz CT molecular complexity index is 906. The molecule has 8 heteroatoms. The SMILES string of the molecule is CCCn1c(SCC(=O)Nc2cccc(Cl)c2)nnc1-c1ccoc1C. The first kappa shape index (κ1) is 18.5. The number of hydrogen-bond acceptors (Lipinski definition) is 5. The minimum absolute atomic E-state index is 0.121. The van der Waals surface area contributed by atoms with E-state index in [0.29, 0.717) is 15.9 Å². The second-order valence-electron chi connectivity index (χ2n) is 5.70. The van der Waals surface area contributed by atoms with Gasteiger partial charge in [-0.25, -0.2) is 0 Å². The summed E-state index contributed by atoms with van der Waals surface area (Å²) in [6.45, 7) is 4.75. The van der Waals surface area contributed by atoms with Crippen LogP contribution < -0.4 is 5.32 Å². The fraction of sp³-hybridized carbons (Fsp3) is 0.278. The fourth-order valence-electron chi connectivity index (χ4n) is 2.53. The summed E-state index contributed by atoms with van der Waals surface area (Å²) in [7, 11) is 0. The van der Waals surface area contributed by atoms with Gasteiger partial charge in [0.05, 0.1) is 17.6 Å². The number of thioether (sulfide) groups is 1. The van der Waals surface area contributed by atoms with Crippen molar-refractivity contribution in [2.24, 2.45) is 0 Å². The summed E-state index contributed by atoms with van der Waals surface area (Å²) in [6.07, 6.45) is 2.57. The average Bonchev–Trinajstić information content (AvgIpc) is 3.19. The molecule has 1 amide bonds. The fourth-order valence-corrected chi connectivity index (χ4v) is 3.49. The Morgan fingerprint density at radius 1 is 1.35 bits per heavy atom. The molecule has 0 saturated heterocycles. The predicted molar refractivity (Wildman–Crippen MR) is 104 cm³/mol. The molecule has 1 aromatic carbocycles. The highest BCUT2D eigenvalue weighted by molar-refractivity contribution is 7.99. The van der Waals surface area contributed by atoms with Crippen molar-refractivity contribution < 1.29 is 9.21 Å². The standard InChI is InChI=1S/C18H19ClN4O2S/c1-3-8-23-17(15-7-9-25-12(15)2)21-22-18(23)26-11-16(24)20-14-6-4-5-13(19)10-14/h4-7,9-10H,3,8,11H2,1-2H3,(H,20,24). The number of benzene rings is 1. The number of carbonyl (C=O) groups excluding carboxylic acids is 1. The van der Waals surface area contributed by atoms with Crippen molar-refractivity contribution in [1.29, 1.82) is 0 Å². The maximum atomic E-state index is 12.2. The quantitative estimate of drug-likeness (QED) is 0.595. The van der Waals surface area contributed by atoms with Crippen LogP contribution in [0.15, 0.2) is 46.2 Å². The molecular formula is C18H19ClN4O2S. The zero-order valence-electron chi connectivity index (χ0n) is 14.5. The van der Waals surface area contributed by atoms with E-state index in [1.165, 1.54) is 11.8 Å². The van der Waals surface area contributed by atoms with Crippen molar-refractivity contribution in [3.63, 3.8) is 0 Å². The Balaban J connectivity index is 1.70. The molecule has 2 aromatic heterocycles. The van der Waals surface area contributed by atoms with Crippen LogP contribution in [-0.4, -0.2) is 26.4 Å². The van der Waals surface area contributed by atoms with E-state index in [4.69, 9.17) is 16.0 Å². The number of halogens is 1. The van der Waals surface area contributed by atoms with Crippen LogP contribution >= 0.6 is 23.4 Å². The third-order valence-corrected chi connectivity index (χ3v) is 4.91. The van der Waals surface area contributed by atoms with Gasteiger partial charge in [0.2, 0.25) is 5.91 Å². The van der Waals surface area contributed by atoms with E-state index in [1.54, 1.807) is 30.5 Å². The van der Waals surface area contributed by atoms with Gasteiger partial charge in [-0.1, -0.05) is 36.4 Å². The first-order valence-electron chi connectivity index (χ1n) is 8.24. The molecule has 0 fully saturated rings. The third kappa shape index (κ3) is 4.28. The molecule has 2 heterocycles. The predicted octanol–water partition coefficient (Wildman–Crippen LogP) is 4.64. The second kappa shape index (κ2) is 8.42. The van der Waals surface area contributed by atoms with Crippen LogP contribution in [0.1, 0.15) is 19.1 Å². The smallest absolute Gasteiger partial charge is 0.234 e. The average molecular weight is 391 g/mol. The van der Waals surface area contributed by atoms with Crippen LogP contribution in [0, 0.1) is 6.92 Å². The Labute approximate surface area is 160 Å². The number of carbonyl (C=O) groups is 1. The highest BCUT2D eigenvalue weighted by Crippen LogP contribution is 2.27. The number of furan rings is 1. The molecule has 0 saturated carbocycles. The van der Waals surface area contributed by atoms with Crippen molar-refractivity contribution in [2.45, 2.75) is 32.0 Å². The van der Waals surface area contributed by atoms with Gasteiger partial charge in [-0.15, -0.1) is 10.2 Å².